The number of hydrogen-bond acceptors (Lipinski definition) is 3. The summed E-state index contributed by atoms with van der Waals surface area (Å²) in [6.45, 7) is 6.08. The quantitative estimate of drug-likeness (QED) is 0.0510. The lowest BCUT2D eigenvalue weighted by Gasteiger charge is -2.24. The van der Waals surface area contributed by atoms with Crippen LogP contribution in [-0.4, -0.2) is 56.2 Å². The number of nitrogens with zero attached hydrogens (tertiary/aromatic N) is 2. The average molecular weight is 657 g/mol. The molecule has 274 valence electrons. The molecule has 0 aromatic heterocycles. The zero-order chi connectivity index (χ0) is 34.5. The SMILES string of the molecule is CCCCCC=CCC=CCCCCCCCCC(CCCCCCCCC=CCC=CCCCCC)OC(=O)N(C)CCN(C)C. The third-order valence-corrected chi connectivity index (χ3v) is 8.92. The van der Waals surface area contributed by atoms with Crippen LogP contribution in [0.5, 0.6) is 0 Å². The summed E-state index contributed by atoms with van der Waals surface area (Å²) in [5.41, 5.74) is 0. The van der Waals surface area contributed by atoms with Crippen LogP contribution in [0, 0.1) is 0 Å². The minimum Gasteiger partial charge on any atom is -0.446 e. The highest BCUT2D eigenvalue weighted by atomic mass is 16.6. The Labute approximate surface area is 294 Å². The monoisotopic (exact) mass is 657 g/mol. The van der Waals surface area contributed by atoms with Crippen LogP contribution in [0.3, 0.4) is 0 Å². The van der Waals surface area contributed by atoms with Crippen molar-refractivity contribution in [2.75, 3.05) is 34.2 Å². The molecule has 1 amide bonds. The van der Waals surface area contributed by atoms with E-state index in [0.29, 0.717) is 6.54 Å². The maximum absolute atomic E-state index is 12.8. The van der Waals surface area contributed by atoms with Gasteiger partial charge in [0, 0.05) is 20.1 Å². The zero-order valence-corrected chi connectivity index (χ0v) is 32.2. The zero-order valence-electron chi connectivity index (χ0n) is 32.2. The van der Waals surface area contributed by atoms with Gasteiger partial charge in [0.05, 0.1) is 0 Å². The number of ether oxygens (including phenoxy) is 1. The number of rotatable bonds is 34. The lowest BCUT2D eigenvalue weighted by Crippen LogP contribution is -2.36. The van der Waals surface area contributed by atoms with Crippen molar-refractivity contribution in [3.63, 3.8) is 0 Å². The van der Waals surface area contributed by atoms with Gasteiger partial charge in [-0.25, -0.2) is 4.79 Å². The summed E-state index contributed by atoms with van der Waals surface area (Å²) in [4.78, 5) is 16.6. The van der Waals surface area contributed by atoms with Gasteiger partial charge in [-0.1, -0.05) is 140 Å². The molecule has 0 unspecified atom stereocenters. The molecule has 0 fully saturated rings. The van der Waals surface area contributed by atoms with Crippen molar-refractivity contribution in [2.45, 2.75) is 187 Å². The van der Waals surface area contributed by atoms with Crippen LogP contribution in [0.25, 0.3) is 0 Å². The van der Waals surface area contributed by atoms with E-state index in [1.165, 1.54) is 128 Å². The molecule has 0 saturated carbocycles. The Bertz CT molecular complexity index is 722. The maximum atomic E-state index is 12.8. The highest BCUT2D eigenvalue weighted by molar-refractivity contribution is 5.67. The van der Waals surface area contributed by atoms with Crippen molar-refractivity contribution in [3.8, 4) is 0 Å². The Morgan fingerprint density at radius 3 is 1.23 bits per heavy atom. The molecule has 47 heavy (non-hydrogen) atoms. The number of unbranched alkanes of at least 4 members (excludes halogenated alkanes) is 18. The van der Waals surface area contributed by atoms with Crippen molar-refractivity contribution >= 4 is 6.09 Å². The van der Waals surface area contributed by atoms with Crippen LogP contribution in [-0.2, 0) is 4.74 Å². The van der Waals surface area contributed by atoms with Crippen molar-refractivity contribution in [2.24, 2.45) is 0 Å². The van der Waals surface area contributed by atoms with Gasteiger partial charge in [-0.15, -0.1) is 0 Å². The van der Waals surface area contributed by atoms with Gasteiger partial charge in [0.15, 0.2) is 0 Å². The lowest BCUT2D eigenvalue weighted by atomic mass is 10.0. The Balaban J connectivity index is 4.13. The van der Waals surface area contributed by atoms with Gasteiger partial charge in [-0.05, 0) is 104 Å². The Morgan fingerprint density at radius 1 is 0.489 bits per heavy atom. The van der Waals surface area contributed by atoms with Crippen LogP contribution in [0.2, 0.25) is 0 Å². The second kappa shape index (κ2) is 37.0. The van der Waals surface area contributed by atoms with E-state index in [1.807, 2.05) is 21.1 Å². The fourth-order valence-electron chi connectivity index (χ4n) is 5.66. The van der Waals surface area contributed by atoms with Crippen LogP contribution in [0.1, 0.15) is 181 Å². The lowest BCUT2D eigenvalue weighted by molar-refractivity contribution is 0.0571. The van der Waals surface area contributed by atoms with E-state index in [9.17, 15) is 4.79 Å². The molecule has 0 rings (SSSR count). The first-order valence-corrected chi connectivity index (χ1v) is 20.2. The third kappa shape index (κ3) is 35.3. The normalized spacial score (nSPS) is 12.9. The molecule has 0 heterocycles. The second-order valence-corrected chi connectivity index (χ2v) is 14.0. The highest BCUT2D eigenvalue weighted by Gasteiger charge is 2.17. The predicted molar refractivity (Wildman–Crippen MR) is 209 cm³/mol. The minimum atomic E-state index is -0.156. The summed E-state index contributed by atoms with van der Waals surface area (Å²) >= 11 is 0. The van der Waals surface area contributed by atoms with Gasteiger partial charge in [0.2, 0.25) is 0 Å². The Morgan fingerprint density at radius 2 is 0.851 bits per heavy atom. The fourth-order valence-corrected chi connectivity index (χ4v) is 5.66. The van der Waals surface area contributed by atoms with E-state index in [2.05, 4.69) is 67.4 Å². The molecule has 0 aromatic carbocycles. The number of carbonyl (C=O) groups excluding carboxylic acids is 1. The topological polar surface area (TPSA) is 32.8 Å². The molecule has 0 atom stereocenters. The summed E-state index contributed by atoms with van der Waals surface area (Å²) in [7, 11) is 5.95. The standard InChI is InChI=1S/C43H80N2O2/c1-6-8-10-12-14-16-18-20-22-24-26-28-30-32-34-36-38-42(47-43(46)45(5)41-40-44(3)4)39-37-35-33-31-29-27-25-23-21-19-17-15-13-11-9-7-2/h14-17,20-23,42H,6-13,18-19,24-41H2,1-5H3. The first-order valence-electron chi connectivity index (χ1n) is 20.2. The number of hydrogen-bond donors (Lipinski definition) is 0. The summed E-state index contributed by atoms with van der Waals surface area (Å²) in [6.07, 6.45) is 50.8. The minimum absolute atomic E-state index is 0.0565. The molecular formula is C43H80N2O2. The molecule has 0 spiro atoms. The summed E-state index contributed by atoms with van der Waals surface area (Å²) < 4.78 is 6.04. The molecule has 0 N–H and O–H groups in total. The number of likely N-dealkylation sites (N-methyl/N-ethyl adjacent to an activating group) is 2. The average Bonchev–Trinajstić information content (AvgIpc) is 3.06. The summed E-state index contributed by atoms with van der Waals surface area (Å²) in [5.74, 6) is 0. The van der Waals surface area contributed by atoms with E-state index >= 15 is 0 Å². The van der Waals surface area contributed by atoms with Gasteiger partial charge in [-0.2, -0.15) is 0 Å². The molecule has 0 aliphatic heterocycles. The van der Waals surface area contributed by atoms with Gasteiger partial charge >= 0.3 is 6.09 Å². The smallest absolute Gasteiger partial charge is 0.409 e. The van der Waals surface area contributed by atoms with Crippen LogP contribution < -0.4 is 0 Å². The molecule has 0 aromatic rings. The first-order chi connectivity index (χ1) is 23.0. The van der Waals surface area contributed by atoms with Gasteiger partial charge in [-0.3, -0.25) is 0 Å². The van der Waals surface area contributed by atoms with Crippen molar-refractivity contribution in [1.82, 2.24) is 9.80 Å². The van der Waals surface area contributed by atoms with Gasteiger partial charge < -0.3 is 14.5 Å². The molecule has 0 aliphatic rings. The predicted octanol–water partition coefficient (Wildman–Crippen LogP) is 13.4. The van der Waals surface area contributed by atoms with E-state index in [4.69, 9.17) is 4.74 Å². The number of allylic oxidation sites excluding steroid dienone is 8. The second-order valence-electron chi connectivity index (χ2n) is 14.0. The highest BCUT2D eigenvalue weighted by Crippen LogP contribution is 2.18. The molecule has 0 aliphatic carbocycles. The molecule has 0 saturated heterocycles. The van der Waals surface area contributed by atoms with Crippen LogP contribution in [0.4, 0.5) is 4.79 Å². The first kappa shape index (κ1) is 45.2. The van der Waals surface area contributed by atoms with Crippen LogP contribution >= 0.6 is 0 Å². The van der Waals surface area contributed by atoms with E-state index in [1.54, 1.807) is 4.90 Å². The van der Waals surface area contributed by atoms with Gasteiger partial charge in [0.25, 0.3) is 0 Å². The van der Waals surface area contributed by atoms with Crippen molar-refractivity contribution in [1.29, 1.82) is 0 Å². The van der Waals surface area contributed by atoms with E-state index in [0.717, 1.165) is 45.1 Å². The van der Waals surface area contributed by atoms with E-state index in [-0.39, 0.29) is 12.2 Å². The van der Waals surface area contributed by atoms with E-state index < -0.39 is 0 Å². The third-order valence-electron chi connectivity index (χ3n) is 8.92. The summed E-state index contributed by atoms with van der Waals surface area (Å²) in [6, 6.07) is 0. The maximum Gasteiger partial charge on any atom is 0.409 e. The molecule has 4 heteroatoms. The Kier molecular flexibility index (Phi) is 35.6. The summed E-state index contributed by atoms with van der Waals surface area (Å²) in [5, 5.41) is 0. The molecule has 0 radical (unpaired) electrons. The van der Waals surface area contributed by atoms with Crippen LogP contribution in [0.15, 0.2) is 48.6 Å². The molecule has 4 nitrogen and oxygen atoms in total. The fraction of sp³-hybridized carbons (Fsp3) is 0.791. The Hall–Kier alpha value is -1.81. The van der Waals surface area contributed by atoms with Gasteiger partial charge in [0.1, 0.15) is 6.10 Å². The molecular weight excluding hydrogens is 576 g/mol. The van der Waals surface area contributed by atoms with Crippen molar-refractivity contribution < 1.29 is 9.53 Å². The number of amides is 1. The molecule has 0 bridgehead atoms. The number of carbonyl (C=O) groups is 1. The largest absolute Gasteiger partial charge is 0.446 e. The van der Waals surface area contributed by atoms with Crippen molar-refractivity contribution in [3.05, 3.63) is 48.6 Å².